The molecule has 0 saturated carbocycles. The number of anilines is 1. The van der Waals surface area contributed by atoms with Crippen LogP contribution in [0.4, 0.5) is 5.82 Å². The minimum atomic E-state index is 0. The Morgan fingerprint density at radius 1 is 1.41 bits per heavy atom. The van der Waals surface area contributed by atoms with Crippen molar-refractivity contribution in [2.24, 2.45) is 0 Å². The quantitative estimate of drug-likeness (QED) is 0.919. The molecule has 0 amide bonds. The summed E-state index contributed by atoms with van der Waals surface area (Å²) < 4.78 is 0. The molecule has 0 aliphatic carbocycles. The third kappa shape index (κ3) is 4.30. The largest absolute Gasteiger partial charge is 0.357 e. The molecule has 1 saturated heterocycles. The molecule has 17 heavy (non-hydrogen) atoms. The van der Waals surface area contributed by atoms with Crippen molar-refractivity contribution in [2.45, 2.75) is 25.3 Å². The molecule has 4 nitrogen and oxygen atoms in total. The molecule has 1 N–H and O–H groups in total. The lowest BCUT2D eigenvalue weighted by Crippen LogP contribution is -2.42. The van der Waals surface area contributed by atoms with Gasteiger partial charge < -0.3 is 10.2 Å². The van der Waals surface area contributed by atoms with E-state index in [0.29, 0.717) is 11.2 Å². The molecule has 1 fully saturated rings. The van der Waals surface area contributed by atoms with Gasteiger partial charge in [0.15, 0.2) is 11.0 Å². The lowest BCUT2D eigenvalue weighted by atomic mass is 10.0. The van der Waals surface area contributed by atoms with Crippen LogP contribution < -0.4 is 10.2 Å². The third-order valence-corrected chi connectivity index (χ3v) is 3.12. The predicted molar refractivity (Wildman–Crippen MR) is 73.2 cm³/mol. The summed E-state index contributed by atoms with van der Waals surface area (Å²) in [5.74, 6) is 0.872. The molecule has 0 spiro atoms. The molecule has 1 atom stereocenters. The second-order valence-electron chi connectivity index (χ2n) is 4.24. The van der Waals surface area contributed by atoms with E-state index in [2.05, 4.69) is 20.4 Å². The van der Waals surface area contributed by atoms with Gasteiger partial charge in [-0.25, -0.2) is 0 Å². The van der Waals surface area contributed by atoms with Crippen molar-refractivity contribution < 1.29 is 0 Å². The highest BCUT2D eigenvalue weighted by molar-refractivity contribution is 6.29. The van der Waals surface area contributed by atoms with E-state index in [1.165, 1.54) is 19.3 Å². The fraction of sp³-hybridized carbons (Fsp3) is 0.636. The van der Waals surface area contributed by atoms with Gasteiger partial charge in [-0.15, -0.1) is 22.6 Å². The van der Waals surface area contributed by atoms with E-state index in [4.69, 9.17) is 11.6 Å². The summed E-state index contributed by atoms with van der Waals surface area (Å²) in [5.41, 5.74) is 0. The average Bonchev–Trinajstić information content (AvgIpc) is 2.31. The van der Waals surface area contributed by atoms with Crippen LogP contribution in [0.5, 0.6) is 0 Å². The van der Waals surface area contributed by atoms with Gasteiger partial charge in [0.05, 0.1) is 0 Å². The molecule has 0 aromatic carbocycles. The van der Waals surface area contributed by atoms with E-state index >= 15 is 0 Å². The first-order valence-corrected chi connectivity index (χ1v) is 6.07. The van der Waals surface area contributed by atoms with Gasteiger partial charge in [0, 0.05) is 19.6 Å². The number of hydrogen-bond acceptors (Lipinski definition) is 4. The van der Waals surface area contributed by atoms with Crippen molar-refractivity contribution in [3.8, 4) is 0 Å². The molecule has 96 valence electrons. The molecule has 1 aromatic heterocycles. The van der Waals surface area contributed by atoms with Crippen molar-refractivity contribution in [2.75, 3.05) is 25.0 Å². The summed E-state index contributed by atoms with van der Waals surface area (Å²) in [4.78, 5) is 2.12. The minimum Gasteiger partial charge on any atom is -0.357 e. The maximum Gasteiger partial charge on any atom is 0.151 e. The molecule has 6 heteroatoms. The van der Waals surface area contributed by atoms with Gasteiger partial charge in [0.2, 0.25) is 0 Å². The second-order valence-corrected chi connectivity index (χ2v) is 4.63. The summed E-state index contributed by atoms with van der Waals surface area (Å²) in [6.45, 7) is 2.10. The normalized spacial score (nSPS) is 19.5. The van der Waals surface area contributed by atoms with Crippen LogP contribution in [0.15, 0.2) is 12.1 Å². The first-order valence-electron chi connectivity index (χ1n) is 5.69. The van der Waals surface area contributed by atoms with E-state index in [1.807, 2.05) is 13.1 Å². The molecule has 1 unspecified atom stereocenters. The van der Waals surface area contributed by atoms with Crippen LogP contribution in [0.2, 0.25) is 5.15 Å². The monoisotopic (exact) mass is 276 g/mol. The van der Waals surface area contributed by atoms with Crippen LogP contribution in [-0.4, -0.2) is 36.4 Å². The molecule has 0 bridgehead atoms. The van der Waals surface area contributed by atoms with Gasteiger partial charge in [-0.1, -0.05) is 18.0 Å². The number of piperidine rings is 1. The van der Waals surface area contributed by atoms with Gasteiger partial charge in [-0.3, -0.25) is 0 Å². The van der Waals surface area contributed by atoms with E-state index in [9.17, 15) is 0 Å². The van der Waals surface area contributed by atoms with E-state index in [-0.39, 0.29) is 12.4 Å². The fourth-order valence-corrected chi connectivity index (χ4v) is 2.12. The number of likely N-dealkylation sites (N-methyl/N-ethyl adjacent to an activating group) is 1. The van der Waals surface area contributed by atoms with Gasteiger partial charge in [-0.2, -0.15) is 0 Å². The topological polar surface area (TPSA) is 41.0 Å². The van der Waals surface area contributed by atoms with Crippen LogP contribution in [0.3, 0.4) is 0 Å². The average molecular weight is 277 g/mol. The summed E-state index contributed by atoms with van der Waals surface area (Å²) in [6.07, 6.45) is 3.85. The zero-order valence-electron chi connectivity index (χ0n) is 9.90. The molecule has 0 radical (unpaired) electrons. The molecular weight excluding hydrogens is 259 g/mol. The maximum atomic E-state index is 5.70. The zero-order chi connectivity index (χ0) is 11.4. The molecule has 1 aliphatic rings. The number of nitrogens with zero attached hydrogens (tertiary/aromatic N) is 3. The smallest absolute Gasteiger partial charge is 0.151 e. The van der Waals surface area contributed by atoms with Crippen molar-refractivity contribution >= 4 is 29.8 Å². The molecular formula is C11H18Cl2N4. The lowest BCUT2D eigenvalue weighted by molar-refractivity contribution is 0.402. The Hall–Kier alpha value is -0.580. The van der Waals surface area contributed by atoms with Crippen molar-refractivity contribution in [3.63, 3.8) is 0 Å². The highest BCUT2D eigenvalue weighted by Crippen LogP contribution is 2.13. The number of hydrogen-bond donors (Lipinski definition) is 1. The van der Waals surface area contributed by atoms with Gasteiger partial charge in [-0.05, 0) is 31.5 Å². The second kappa shape index (κ2) is 6.99. The van der Waals surface area contributed by atoms with Gasteiger partial charge >= 0.3 is 0 Å². The van der Waals surface area contributed by atoms with Crippen LogP contribution in [0.25, 0.3) is 0 Å². The van der Waals surface area contributed by atoms with Crippen LogP contribution in [0, 0.1) is 0 Å². The van der Waals surface area contributed by atoms with E-state index < -0.39 is 0 Å². The van der Waals surface area contributed by atoms with Crippen LogP contribution >= 0.6 is 24.0 Å². The third-order valence-electron chi connectivity index (χ3n) is 2.92. The van der Waals surface area contributed by atoms with Gasteiger partial charge in [0.25, 0.3) is 0 Å². The minimum absolute atomic E-state index is 0. The molecule has 1 aromatic rings. The van der Waals surface area contributed by atoms with Crippen molar-refractivity contribution in [1.82, 2.24) is 15.5 Å². The Balaban J connectivity index is 0.00000144. The van der Waals surface area contributed by atoms with Crippen LogP contribution in [0.1, 0.15) is 19.3 Å². The highest BCUT2D eigenvalue weighted by Gasteiger charge is 2.15. The molecule has 2 heterocycles. The predicted octanol–water partition coefficient (Wildman–Crippen LogP) is 2.13. The van der Waals surface area contributed by atoms with Crippen molar-refractivity contribution in [1.29, 1.82) is 0 Å². The number of nitrogens with one attached hydrogen (secondary N) is 1. The summed E-state index contributed by atoms with van der Waals surface area (Å²) in [6, 6.07) is 4.24. The number of rotatable bonds is 3. The van der Waals surface area contributed by atoms with E-state index in [0.717, 1.165) is 18.9 Å². The Kier molecular flexibility index (Phi) is 5.95. The lowest BCUT2D eigenvalue weighted by Gasteiger charge is -2.28. The fourth-order valence-electron chi connectivity index (χ4n) is 2.02. The molecule has 2 rings (SSSR count). The first kappa shape index (κ1) is 14.5. The zero-order valence-corrected chi connectivity index (χ0v) is 11.5. The number of halogens is 2. The SMILES string of the molecule is CN(CC1CCCCN1)c1ccc(Cl)nn1.Cl. The Labute approximate surface area is 113 Å². The van der Waals surface area contributed by atoms with Crippen molar-refractivity contribution in [3.05, 3.63) is 17.3 Å². The van der Waals surface area contributed by atoms with Gasteiger partial charge in [0.1, 0.15) is 0 Å². The highest BCUT2D eigenvalue weighted by atomic mass is 35.5. The Morgan fingerprint density at radius 2 is 2.24 bits per heavy atom. The summed E-state index contributed by atoms with van der Waals surface area (Å²) >= 11 is 5.70. The maximum absolute atomic E-state index is 5.70. The standard InChI is InChI=1S/C11H17ClN4.ClH/c1-16(8-9-4-2-3-7-13-9)11-6-5-10(12)14-15-11;/h5-6,9,13H,2-4,7-8H2,1H3;1H. The number of aromatic nitrogens is 2. The van der Waals surface area contributed by atoms with Crippen LogP contribution in [-0.2, 0) is 0 Å². The summed E-state index contributed by atoms with van der Waals surface area (Å²) in [5, 5.41) is 11.9. The first-order chi connectivity index (χ1) is 7.75. The Bertz CT molecular complexity index is 325. The Morgan fingerprint density at radius 3 is 2.82 bits per heavy atom. The molecule has 1 aliphatic heterocycles. The summed E-state index contributed by atoms with van der Waals surface area (Å²) in [7, 11) is 2.04. The van der Waals surface area contributed by atoms with E-state index in [1.54, 1.807) is 6.07 Å².